The average Bonchev–Trinajstić information content (AvgIpc) is 3.77. The van der Waals surface area contributed by atoms with Gasteiger partial charge in [0.05, 0.1) is 15.4 Å². The maximum atomic E-state index is 12.2. The third-order valence-corrected chi connectivity index (χ3v) is 10.8. The van der Waals surface area contributed by atoms with Crippen LogP contribution in [0.1, 0.15) is 114 Å². The zero-order chi connectivity index (χ0) is 37.7. The molecule has 0 radical (unpaired) electrons. The Labute approximate surface area is 323 Å². The molecular formula is C44H57ClF3N3OS. The number of H-pyrrole nitrogens is 1. The van der Waals surface area contributed by atoms with Crippen molar-refractivity contribution in [2.45, 2.75) is 122 Å². The molecule has 288 valence electrons. The molecule has 0 aliphatic rings. The van der Waals surface area contributed by atoms with Crippen molar-refractivity contribution in [3.05, 3.63) is 99.7 Å². The molecule has 53 heavy (non-hydrogen) atoms. The fourth-order valence-corrected chi connectivity index (χ4v) is 7.79. The zero-order valence-electron chi connectivity index (χ0n) is 31.2. The van der Waals surface area contributed by atoms with E-state index in [0.29, 0.717) is 6.42 Å². The number of aromatic nitrogens is 2. The second kappa shape index (κ2) is 23.5. The molecule has 0 spiro atoms. The lowest BCUT2D eigenvalue weighted by Crippen LogP contribution is -2.06. The van der Waals surface area contributed by atoms with E-state index in [1.165, 1.54) is 55.4 Å². The first kappa shape index (κ1) is 42.4. The normalized spacial score (nSPS) is 12.1. The molecule has 0 bridgehead atoms. The second-order valence-corrected chi connectivity index (χ2v) is 15.8. The molecule has 0 aliphatic carbocycles. The fourth-order valence-electron chi connectivity index (χ4n) is 6.59. The first-order chi connectivity index (χ1) is 25.7. The molecular weight excluding hydrogens is 711 g/mol. The number of hydrogen-bond acceptors (Lipinski definition) is 4. The standard InChI is InChI=1S/C29H31F3N2O.C15H26ClNS/c30-29(31,32)21-11-5-3-1-2-4-6-12-22-13-7-10-16-27(22)35-24-19-17-23(18-20-24)28-33-25-14-8-9-15-26(25)34-28;1-2-3-4-7-13(8-5-6-11-17)12-14-9-10-15(16)18-14/h7-10,13-20H,1-6,11-12,21H2,(H,33,34);9-10,13H,2-8,11-12,17H2,1H3. The van der Waals surface area contributed by atoms with Crippen LogP contribution in [0.2, 0.25) is 4.34 Å². The quantitative estimate of drug-likeness (QED) is 0.0689. The number of nitrogens with zero attached hydrogens (tertiary/aromatic N) is 1. The van der Waals surface area contributed by atoms with Gasteiger partial charge >= 0.3 is 6.18 Å². The van der Waals surface area contributed by atoms with Crippen molar-refractivity contribution in [1.82, 2.24) is 9.97 Å². The first-order valence-electron chi connectivity index (χ1n) is 19.6. The summed E-state index contributed by atoms with van der Waals surface area (Å²) in [5.74, 6) is 3.28. The summed E-state index contributed by atoms with van der Waals surface area (Å²) >= 11 is 7.73. The summed E-state index contributed by atoms with van der Waals surface area (Å²) in [5, 5.41) is 0. The van der Waals surface area contributed by atoms with Gasteiger partial charge in [0.25, 0.3) is 0 Å². The number of benzene rings is 3. The van der Waals surface area contributed by atoms with Crippen LogP contribution < -0.4 is 10.5 Å². The SMILES string of the molecule is CCCCCC(CCCCN)Cc1ccc(Cl)s1.FC(F)(F)CCCCCCCCCc1ccccc1Oc1ccc(-c2nc3ccccc3[nH]2)cc1. The number of fused-ring (bicyclic) bond motifs is 1. The predicted octanol–water partition coefficient (Wildman–Crippen LogP) is 14.5. The van der Waals surface area contributed by atoms with Crippen LogP contribution in [0.3, 0.4) is 0 Å². The smallest absolute Gasteiger partial charge is 0.389 e. The lowest BCUT2D eigenvalue weighted by Gasteiger charge is -2.15. The average molecular weight is 768 g/mol. The first-order valence-corrected chi connectivity index (χ1v) is 20.8. The number of imidazole rings is 1. The molecule has 2 aromatic heterocycles. The van der Waals surface area contributed by atoms with Crippen molar-refractivity contribution in [3.8, 4) is 22.9 Å². The van der Waals surface area contributed by atoms with E-state index >= 15 is 0 Å². The highest BCUT2D eigenvalue weighted by atomic mass is 35.5. The maximum absolute atomic E-state index is 12.2. The van der Waals surface area contributed by atoms with E-state index in [1.54, 1.807) is 11.3 Å². The highest BCUT2D eigenvalue weighted by molar-refractivity contribution is 7.16. The summed E-state index contributed by atoms with van der Waals surface area (Å²) in [5.41, 5.74) is 9.70. The van der Waals surface area contributed by atoms with Crippen LogP contribution in [0.15, 0.2) is 84.9 Å². The number of rotatable bonds is 22. The summed E-state index contributed by atoms with van der Waals surface area (Å²) in [7, 11) is 0. The van der Waals surface area contributed by atoms with Gasteiger partial charge in [0.15, 0.2) is 0 Å². The summed E-state index contributed by atoms with van der Waals surface area (Å²) in [6, 6.07) is 28.2. The molecule has 0 saturated carbocycles. The van der Waals surface area contributed by atoms with E-state index in [-0.39, 0.29) is 6.42 Å². The topological polar surface area (TPSA) is 63.9 Å². The van der Waals surface area contributed by atoms with E-state index < -0.39 is 12.6 Å². The van der Waals surface area contributed by atoms with Crippen molar-refractivity contribution in [2.24, 2.45) is 11.7 Å². The molecule has 0 amide bonds. The minimum Gasteiger partial charge on any atom is -0.457 e. The molecule has 1 atom stereocenters. The number of aryl methyl sites for hydroxylation is 1. The predicted molar refractivity (Wildman–Crippen MR) is 218 cm³/mol. The van der Waals surface area contributed by atoms with Gasteiger partial charge in [-0.1, -0.05) is 119 Å². The van der Waals surface area contributed by atoms with Gasteiger partial charge in [-0.25, -0.2) is 4.98 Å². The molecule has 4 nitrogen and oxygen atoms in total. The van der Waals surface area contributed by atoms with Crippen LogP contribution in [0, 0.1) is 5.92 Å². The number of para-hydroxylation sites is 3. The molecule has 3 N–H and O–H groups in total. The van der Waals surface area contributed by atoms with Gasteiger partial charge in [-0.3, -0.25) is 0 Å². The van der Waals surface area contributed by atoms with Crippen LogP contribution in [0.5, 0.6) is 11.5 Å². The van der Waals surface area contributed by atoms with E-state index in [1.807, 2.05) is 72.8 Å². The third-order valence-electron chi connectivity index (χ3n) is 9.53. The van der Waals surface area contributed by atoms with Gasteiger partial charge in [-0.2, -0.15) is 13.2 Å². The number of alkyl halides is 3. The Balaban J connectivity index is 0.000000294. The van der Waals surface area contributed by atoms with Crippen molar-refractivity contribution in [3.63, 3.8) is 0 Å². The molecule has 2 heterocycles. The van der Waals surface area contributed by atoms with E-state index in [4.69, 9.17) is 22.1 Å². The molecule has 5 rings (SSSR count). The number of halogens is 4. The maximum Gasteiger partial charge on any atom is 0.389 e. The fraction of sp³-hybridized carbons (Fsp3) is 0.477. The molecule has 3 aromatic carbocycles. The monoisotopic (exact) mass is 767 g/mol. The minimum atomic E-state index is -4.02. The summed E-state index contributed by atoms with van der Waals surface area (Å²) in [4.78, 5) is 9.43. The zero-order valence-corrected chi connectivity index (χ0v) is 32.8. The second-order valence-electron chi connectivity index (χ2n) is 14.0. The van der Waals surface area contributed by atoms with Crippen molar-refractivity contribution < 1.29 is 17.9 Å². The number of ether oxygens (including phenoxy) is 1. The van der Waals surface area contributed by atoms with Gasteiger partial charge in [0.1, 0.15) is 17.3 Å². The molecule has 1 unspecified atom stereocenters. The van der Waals surface area contributed by atoms with Crippen molar-refractivity contribution in [2.75, 3.05) is 6.54 Å². The van der Waals surface area contributed by atoms with Gasteiger partial charge in [0.2, 0.25) is 0 Å². The number of thiophene rings is 1. The van der Waals surface area contributed by atoms with E-state index in [0.717, 1.165) is 95.7 Å². The lowest BCUT2D eigenvalue weighted by atomic mass is 9.92. The number of hydrogen-bond donors (Lipinski definition) is 2. The largest absolute Gasteiger partial charge is 0.457 e. The molecule has 5 aromatic rings. The van der Waals surface area contributed by atoms with Crippen molar-refractivity contribution >= 4 is 34.0 Å². The van der Waals surface area contributed by atoms with E-state index in [9.17, 15) is 13.2 Å². The third kappa shape index (κ3) is 16.3. The van der Waals surface area contributed by atoms with Gasteiger partial charge < -0.3 is 15.5 Å². The Morgan fingerprint density at radius 2 is 1.45 bits per heavy atom. The Hall–Kier alpha value is -3.33. The highest BCUT2D eigenvalue weighted by Gasteiger charge is 2.25. The summed E-state index contributed by atoms with van der Waals surface area (Å²) in [6.45, 7) is 3.09. The Morgan fingerprint density at radius 3 is 2.13 bits per heavy atom. The number of unbranched alkanes of at least 4 members (excludes halogenated alkanes) is 9. The minimum absolute atomic E-state index is 0.244. The number of nitrogens with two attached hydrogens (primary N) is 1. The van der Waals surface area contributed by atoms with Crippen LogP contribution in [0.4, 0.5) is 13.2 Å². The Bertz CT molecular complexity index is 1680. The molecule has 9 heteroatoms. The molecule has 0 fully saturated rings. The Kier molecular flexibility index (Phi) is 18.8. The van der Waals surface area contributed by atoms with Gasteiger partial charge in [0, 0.05) is 16.9 Å². The van der Waals surface area contributed by atoms with Crippen molar-refractivity contribution in [1.29, 1.82) is 0 Å². The lowest BCUT2D eigenvalue weighted by molar-refractivity contribution is -0.135. The van der Waals surface area contributed by atoms with Gasteiger partial charge in [-0.15, -0.1) is 11.3 Å². The van der Waals surface area contributed by atoms with E-state index in [2.05, 4.69) is 29.0 Å². The number of nitrogens with one attached hydrogen (secondary N) is 1. The number of aromatic amines is 1. The highest BCUT2D eigenvalue weighted by Crippen LogP contribution is 2.30. The van der Waals surface area contributed by atoms with Crippen LogP contribution >= 0.6 is 22.9 Å². The van der Waals surface area contributed by atoms with Crippen LogP contribution in [-0.4, -0.2) is 22.7 Å². The van der Waals surface area contributed by atoms with Crippen LogP contribution in [0.25, 0.3) is 22.4 Å². The van der Waals surface area contributed by atoms with Gasteiger partial charge in [-0.05, 0) is 105 Å². The molecule has 0 saturated heterocycles. The van der Waals surface area contributed by atoms with Crippen LogP contribution in [-0.2, 0) is 12.8 Å². The summed E-state index contributed by atoms with van der Waals surface area (Å²) < 4.78 is 43.6. The molecule has 0 aliphatic heterocycles. The Morgan fingerprint density at radius 1 is 0.774 bits per heavy atom. The summed E-state index contributed by atoms with van der Waals surface area (Å²) in [6.07, 6.45) is 12.5.